The van der Waals surface area contributed by atoms with Gasteiger partial charge in [-0.05, 0) is 64.1 Å². The van der Waals surface area contributed by atoms with Crippen LogP contribution in [0.3, 0.4) is 0 Å². The molecule has 1 aromatic heterocycles. The van der Waals surface area contributed by atoms with E-state index in [9.17, 15) is 16.8 Å². The molecule has 2 atom stereocenters. The van der Waals surface area contributed by atoms with Crippen molar-refractivity contribution in [3.05, 3.63) is 89.2 Å². The summed E-state index contributed by atoms with van der Waals surface area (Å²) in [5, 5.41) is 0. The molecule has 0 fully saturated rings. The molecule has 3 aromatic rings. The minimum Gasteiger partial charge on any atom is -0.256 e. The summed E-state index contributed by atoms with van der Waals surface area (Å²) in [6.45, 7) is 7.55. The Kier molecular flexibility index (Phi) is 11.3. The summed E-state index contributed by atoms with van der Waals surface area (Å²) in [6.07, 6.45) is 0. The van der Waals surface area contributed by atoms with Crippen molar-refractivity contribution >= 4 is 43.6 Å². The summed E-state index contributed by atoms with van der Waals surface area (Å²) in [7, 11) is -7.10. The number of hydrogen-bond donors (Lipinski definition) is 2. The van der Waals surface area contributed by atoms with Crippen LogP contribution in [-0.4, -0.2) is 45.4 Å². The first-order valence-electron chi connectivity index (χ1n) is 12.2. The fourth-order valence-corrected chi connectivity index (χ4v) is 8.09. The maximum atomic E-state index is 12.6. The van der Waals surface area contributed by atoms with Gasteiger partial charge in [0.05, 0.1) is 21.2 Å². The van der Waals surface area contributed by atoms with Gasteiger partial charge in [0, 0.05) is 35.1 Å². The highest BCUT2D eigenvalue weighted by molar-refractivity contribution is 7.98. The predicted octanol–water partition coefficient (Wildman–Crippen LogP) is 4.90. The van der Waals surface area contributed by atoms with Gasteiger partial charge in [-0.15, -0.1) is 0 Å². The number of hydrogen-bond acceptors (Lipinski definition) is 7. The summed E-state index contributed by atoms with van der Waals surface area (Å²) in [4.78, 5) is 5.24. The summed E-state index contributed by atoms with van der Waals surface area (Å²) < 4.78 is 55.7. The second kappa shape index (κ2) is 14.0. The molecule has 2 aromatic carbocycles. The van der Waals surface area contributed by atoms with E-state index in [1.807, 2.05) is 45.9 Å². The fourth-order valence-electron chi connectivity index (χ4n) is 3.54. The van der Waals surface area contributed by atoms with Crippen molar-refractivity contribution in [3.63, 3.8) is 0 Å². The average Bonchev–Trinajstić information content (AvgIpc) is 2.84. The Bertz CT molecular complexity index is 1290. The lowest BCUT2D eigenvalue weighted by Gasteiger charge is -2.15. The molecule has 7 nitrogen and oxygen atoms in total. The minimum atomic E-state index is -3.55. The van der Waals surface area contributed by atoms with E-state index >= 15 is 0 Å². The van der Waals surface area contributed by atoms with E-state index < -0.39 is 20.0 Å². The number of rotatable bonds is 14. The molecule has 11 heteroatoms. The van der Waals surface area contributed by atoms with E-state index in [0.29, 0.717) is 23.0 Å². The second-order valence-electron chi connectivity index (χ2n) is 9.32. The maximum absolute atomic E-state index is 12.6. The molecule has 0 bridgehead atoms. The number of benzene rings is 2. The first-order valence-corrected chi connectivity index (χ1v) is 17.5. The molecule has 0 unspecified atom stereocenters. The number of nitrogens with one attached hydrogen (secondary N) is 2. The number of nitrogens with zero attached hydrogens (tertiary/aromatic N) is 1. The van der Waals surface area contributed by atoms with Crippen LogP contribution in [0.15, 0.2) is 76.5 Å². The molecule has 1 heterocycles. The van der Waals surface area contributed by atoms with Gasteiger partial charge in [0.25, 0.3) is 0 Å². The third kappa shape index (κ3) is 9.69. The van der Waals surface area contributed by atoms with Crippen molar-refractivity contribution in [2.45, 2.75) is 61.1 Å². The lowest BCUT2D eigenvalue weighted by molar-refractivity contribution is 0.569. The Morgan fingerprint density at radius 2 is 1.03 bits per heavy atom. The lowest BCUT2D eigenvalue weighted by Crippen LogP contribution is -2.34. The van der Waals surface area contributed by atoms with Gasteiger partial charge in [0.15, 0.2) is 0 Å². The second-order valence-corrected chi connectivity index (χ2v) is 14.8. The van der Waals surface area contributed by atoms with E-state index in [1.54, 1.807) is 72.1 Å². The first-order chi connectivity index (χ1) is 17.9. The summed E-state index contributed by atoms with van der Waals surface area (Å²) in [6, 6.07) is 19.0. The van der Waals surface area contributed by atoms with Crippen LogP contribution in [0.4, 0.5) is 0 Å². The van der Waals surface area contributed by atoms with Crippen LogP contribution in [0.25, 0.3) is 0 Å². The quantitative estimate of drug-likeness (QED) is 0.274. The van der Waals surface area contributed by atoms with Gasteiger partial charge in [-0.2, -0.15) is 23.5 Å². The highest BCUT2D eigenvalue weighted by Crippen LogP contribution is 2.18. The van der Waals surface area contributed by atoms with Gasteiger partial charge < -0.3 is 0 Å². The first kappa shape index (κ1) is 30.6. The average molecular weight is 594 g/mol. The van der Waals surface area contributed by atoms with E-state index in [1.165, 1.54) is 0 Å². The van der Waals surface area contributed by atoms with Gasteiger partial charge >= 0.3 is 0 Å². The topological polar surface area (TPSA) is 105 Å². The fraction of sp³-hybridized carbons (Fsp3) is 0.370. The summed E-state index contributed by atoms with van der Waals surface area (Å²) in [5.41, 5.74) is 3.88. The predicted molar refractivity (Wildman–Crippen MR) is 158 cm³/mol. The van der Waals surface area contributed by atoms with E-state index in [0.717, 1.165) is 22.5 Å². The molecule has 0 aliphatic carbocycles. The van der Waals surface area contributed by atoms with Crippen molar-refractivity contribution in [1.82, 2.24) is 14.4 Å². The molecule has 0 aliphatic heterocycles. The number of aromatic nitrogens is 1. The maximum Gasteiger partial charge on any atom is 0.240 e. The van der Waals surface area contributed by atoms with Crippen molar-refractivity contribution in [1.29, 1.82) is 0 Å². The molecule has 0 saturated heterocycles. The lowest BCUT2D eigenvalue weighted by atomic mass is 10.2. The van der Waals surface area contributed by atoms with Crippen LogP contribution < -0.4 is 9.44 Å². The highest BCUT2D eigenvalue weighted by Gasteiger charge is 2.18. The molecule has 0 amide bonds. The zero-order chi connectivity index (χ0) is 27.8. The Morgan fingerprint density at radius 1 is 0.658 bits per heavy atom. The van der Waals surface area contributed by atoms with Crippen molar-refractivity contribution in [3.8, 4) is 0 Å². The van der Waals surface area contributed by atoms with Crippen LogP contribution in [0.1, 0.15) is 36.4 Å². The third-order valence-electron chi connectivity index (χ3n) is 5.48. The smallest absolute Gasteiger partial charge is 0.240 e. The monoisotopic (exact) mass is 593 g/mol. The standard InChI is InChI=1S/C27H35N3O4S4/c1-20-8-12-26(13-9-20)37(31,32)29-22(3)16-35-18-24-6-5-7-25(28-24)19-36-17-23(4)30-38(33,34)27-14-10-21(2)11-15-27/h5-15,22-23,29-30H,16-19H2,1-4H3/t22-,23-/m1/s1. The minimum absolute atomic E-state index is 0.227. The van der Waals surface area contributed by atoms with Gasteiger partial charge in [-0.3, -0.25) is 4.98 Å². The molecule has 0 radical (unpaired) electrons. The van der Waals surface area contributed by atoms with E-state index in [2.05, 4.69) is 9.44 Å². The largest absolute Gasteiger partial charge is 0.256 e. The van der Waals surface area contributed by atoms with E-state index in [4.69, 9.17) is 4.98 Å². The third-order valence-corrected chi connectivity index (χ3v) is 11.2. The van der Waals surface area contributed by atoms with Gasteiger partial charge in [-0.1, -0.05) is 41.5 Å². The molecule has 0 aliphatic rings. The number of thioether (sulfide) groups is 2. The molecule has 2 N–H and O–H groups in total. The molecular weight excluding hydrogens is 559 g/mol. The Balaban J connectivity index is 1.42. The number of pyridine rings is 1. The van der Waals surface area contributed by atoms with Crippen LogP contribution >= 0.6 is 23.5 Å². The van der Waals surface area contributed by atoms with Crippen molar-refractivity contribution in [2.24, 2.45) is 0 Å². The van der Waals surface area contributed by atoms with Gasteiger partial charge in [0.1, 0.15) is 0 Å². The highest BCUT2D eigenvalue weighted by atomic mass is 32.2. The van der Waals surface area contributed by atoms with Crippen molar-refractivity contribution in [2.75, 3.05) is 11.5 Å². The van der Waals surface area contributed by atoms with Crippen LogP contribution in [0, 0.1) is 13.8 Å². The zero-order valence-electron chi connectivity index (χ0n) is 22.0. The van der Waals surface area contributed by atoms with Crippen LogP contribution in [-0.2, 0) is 31.6 Å². The molecule has 206 valence electrons. The molecular formula is C27H35N3O4S4. The molecule has 3 rings (SSSR count). The van der Waals surface area contributed by atoms with Crippen molar-refractivity contribution < 1.29 is 16.8 Å². The number of sulfonamides is 2. The SMILES string of the molecule is Cc1ccc(S(=O)(=O)N[C@H](C)CSCc2cccc(CSC[C@@H](C)NS(=O)(=O)c3ccc(C)cc3)n2)cc1. The Hall–Kier alpha value is -1.89. The van der Waals surface area contributed by atoms with Crippen LogP contribution in [0.5, 0.6) is 0 Å². The van der Waals surface area contributed by atoms with Gasteiger partial charge in [-0.25, -0.2) is 26.3 Å². The van der Waals surface area contributed by atoms with Gasteiger partial charge in [0.2, 0.25) is 20.0 Å². The Labute approximate surface area is 235 Å². The Morgan fingerprint density at radius 3 is 1.39 bits per heavy atom. The van der Waals surface area contributed by atoms with E-state index in [-0.39, 0.29) is 21.9 Å². The zero-order valence-corrected chi connectivity index (χ0v) is 25.3. The molecule has 0 saturated carbocycles. The molecule has 38 heavy (non-hydrogen) atoms. The summed E-state index contributed by atoms with van der Waals surface area (Å²) >= 11 is 3.24. The number of aryl methyl sites for hydroxylation is 2. The van der Waals surface area contributed by atoms with Crippen LogP contribution in [0.2, 0.25) is 0 Å². The molecule has 0 spiro atoms. The normalized spacial score (nSPS) is 13.8. The summed E-state index contributed by atoms with van der Waals surface area (Å²) in [5.74, 6) is 2.57.